The maximum Gasteiger partial charge on any atom is 0.311 e. The maximum absolute atomic E-state index is 12.5. The average molecular weight is 484 g/mol. The van der Waals surface area contributed by atoms with Gasteiger partial charge in [0.25, 0.3) is 0 Å². The number of hydrogen-bond donors (Lipinski definition) is 1. The van der Waals surface area contributed by atoms with Crippen LogP contribution in [0.4, 0.5) is 10.8 Å². The Morgan fingerprint density at radius 1 is 1.18 bits per heavy atom. The second kappa shape index (κ2) is 10.7. The first-order valence-corrected chi connectivity index (χ1v) is 12.2. The van der Waals surface area contributed by atoms with Gasteiger partial charge in [0, 0.05) is 37.8 Å². The first-order valence-electron chi connectivity index (χ1n) is 11.3. The highest BCUT2D eigenvalue weighted by molar-refractivity contribution is 7.13. The second-order valence-electron chi connectivity index (χ2n) is 8.06. The standard InChI is InChI=1S/C23H29N7O3S/c1-4-33-21(32)13-18-15-34-23(25-18)26-20(31)14-28-9-11-29(12-10-28)22-16(2)27-30(17(22)3)19-7-5-6-8-24-19/h5-8,15H,4,9-14H2,1-3H3,(H,25,26,31). The lowest BCUT2D eigenvalue weighted by molar-refractivity contribution is -0.142. The summed E-state index contributed by atoms with van der Waals surface area (Å²) in [6.07, 6.45) is 1.88. The maximum atomic E-state index is 12.5. The number of anilines is 2. The molecule has 0 unspecified atom stereocenters. The van der Waals surface area contributed by atoms with Crippen LogP contribution in [0, 0.1) is 13.8 Å². The Labute approximate surface area is 202 Å². The van der Waals surface area contributed by atoms with Crippen LogP contribution in [0.5, 0.6) is 0 Å². The van der Waals surface area contributed by atoms with Gasteiger partial charge in [-0.15, -0.1) is 11.3 Å². The molecule has 4 rings (SSSR count). The number of aromatic nitrogens is 4. The van der Waals surface area contributed by atoms with Crippen LogP contribution in [0.1, 0.15) is 24.0 Å². The van der Waals surface area contributed by atoms with Crippen molar-refractivity contribution in [1.29, 1.82) is 0 Å². The topological polar surface area (TPSA) is 105 Å². The van der Waals surface area contributed by atoms with Gasteiger partial charge in [-0.05, 0) is 32.9 Å². The van der Waals surface area contributed by atoms with E-state index in [0.717, 1.165) is 49.1 Å². The number of esters is 1. The normalized spacial score (nSPS) is 14.3. The number of aryl methyl sites for hydroxylation is 1. The van der Waals surface area contributed by atoms with Crippen LogP contribution in [0.2, 0.25) is 0 Å². The van der Waals surface area contributed by atoms with E-state index < -0.39 is 0 Å². The first kappa shape index (κ1) is 23.8. The molecule has 1 aliphatic rings. The fourth-order valence-electron chi connectivity index (χ4n) is 4.09. The van der Waals surface area contributed by atoms with Gasteiger partial charge in [-0.3, -0.25) is 14.5 Å². The van der Waals surface area contributed by atoms with E-state index in [0.29, 0.717) is 24.0 Å². The van der Waals surface area contributed by atoms with Crippen LogP contribution in [-0.2, 0) is 20.7 Å². The number of pyridine rings is 1. The quantitative estimate of drug-likeness (QED) is 0.486. The summed E-state index contributed by atoms with van der Waals surface area (Å²) in [6.45, 7) is 9.65. The van der Waals surface area contributed by atoms with Crippen molar-refractivity contribution in [2.45, 2.75) is 27.2 Å². The lowest BCUT2D eigenvalue weighted by Gasteiger charge is -2.35. The minimum absolute atomic E-state index is 0.109. The largest absolute Gasteiger partial charge is 0.466 e. The van der Waals surface area contributed by atoms with Crippen molar-refractivity contribution in [3.63, 3.8) is 0 Å². The van der Waals surface area contributed by atoms with Crippen LogP contribution in [0.25, 0.3) is 5.82 Å². The Bertz CT molecular complexity index is 1140. The van der Waals surface area contributed by atoms with Crippen LogP contribution in [0.15, 0.2) is 29.8 Å². The van der Waals surface area contributed by atoms with Gasteiger partial charge in [0.05, 0.1) is 42.3 Å². The number of hydrogen-bond acceptors (Lipinski definition) is 9. The number of carbonyl (C=O) groups excluding carboxylic acids is 2. The van der Waals surface area contributed by atoms with Crippen LogP contribution >= 0.6 is 11.3 Å². The van der Waals surface area contributed by atoms with Gasteiger partial charge in [0.2, 0.25) is 5.91 Å². The van der Waals surface area contributed by atoms with E-state index in [-0.39, 0.29) is 18.3 Å². The number of nitrogens with zero attached hydrogens (tertiary/aromatic N) is 6. The molecule has 0 spiro atoms. The van der Waals surface area contributed by atoms with E-state index >= 15 is 0 Å². The molecule has 11 heteroatoms. The van der Waals surface area contributed by atoms with Crippen LogP contribution in [0.3, 0.4) is 0 Å². The Morgan fingerprint density at radius 2 is 1.97 bits per heavy atom. The minimum Gasteiger partial charge on any atom is -0.466 e. The van der Waals surface area contributed by atoms with E-state index in [1.807, 2.05) is 29.8 Å². The Kier molecular flexibility index (Phi) is 7.53. The molecule has 0 bridgehead atoms. The molecule has 3 aromatic heterocycles. The lowest BCUT2D eigenvalue weighted by atomic mass is 10.2. The zero-order valence-corrected chi connectivity index (χ0v) is 20.5. The molecular weight excluding hydrogens is 454 g/mol. The van der Waals surface area contributed by atoms with E-state index in [1.54, 1.807) is 18.5 Å². The molecule has 1 saturated heterocycles. The zero-order valence-electron chi connectivity index (χ0n) is 19.7. The minimum atomic E-state index is -0.320. The van der Waals surface area contributed by atoms with E-state index in [1.165, 1.54) is 11.3 Å². The van der Waals surface area contributed by atoms with E-state index in [2.05, 4.69) is 32.0 Å². The average Bonchev–Trinajstić information content (AvgIpc) is 3.38. The summed E-state index contributed by atoms with van der Waals surface area (Å²) in [5, 5.41) is 9.80. The van der Waals surface area contributed by atoms with Gasteiger partial charge in [-0.1, -0.05) is 6.07 Å². The molecule has 0 radical (unpaired) electrons. The highest BCUT2D eigenvalue weighted by Crippen LogP contribution is 2.27. The second-order valence-corrected chi connectivity index (χ2v) is 8.91. The summed E-state index contributed by atoms with van der Waals surface area (Å²) in [4.78, 5) is 37.3. The summed E-state index contributed by atoms with van der Waals surface area (Å²) in [6, 6.07) is 5.79. The van der Waals surface area contributed by atoms with Crippen molar-refractivity contribution < 1.29 is 14.3 Å². The van der Waals surface area contributed by atoms with E-state index in [4.69, 9.17) is 9.84 Å². The summed E-state index contributed by atoms with van der Waals surface area (Å²) >= 11 is 1.31. The summed E-state index contributed by atoms with van der Waals surface area (Å²) in [7, 11) is 0. The van der Waals surface area contributed by atoms with Gasteiger partial charge in [-0.2, -0.15) is 5.10 Å². The highest BCUT2D eigenvalue weighted by atomic mass is 32.1. The number of thiazole rings is 1. The van der Waals surface area contributed by atoms with Gasteiger partial charge < -0.3 is 15.0 Å². The molecule has 180 valence electrons. The Morgan fingerprint density at radius 3 is 2.68 bits per heavy atom. The number of amides is 1. The number of ether oxygens (including phenoxy) is 1. The first-order chi connectivity index (χ1) is 16.4. The fourth-order valence-corrected chi connectivity index (χ4v) is 4.82. The van der Waals surface area contributed by atoms with Crippen molar-refractivity contribution in [2.75, 3.05) is 49.5 Å². The molecule has 0 aromatic carbocycles. The fraction of sp³-hybridized carbons (Fsp3) is 0.435. The molecule has 34 heavy (non-hydrogen) atoms. The highest BCUT2D eigenvalue weighted by Gasteiger charge is 2.24. The molecule has 1 amide bonds. The summed E-state index contributed by atoms with van der Waals surface area (Å²) in [5.41, 5.74) is 3.76. The Hall–Kier alpha value is -3.31. The van der Waals surface area contributed by atoms with Crippen molar-refractivity contribution in [3.05, 3.63) is 46.9 Å². The Balaban J connectivity index is 1.29. The molecule has 3 aromatic rings. The van der Waals surface area contributed by atoms with Gasteiger partial charge in [0.15, 0.2) is 10.9 Å². The molecule has 4 heterocycles. The van der Waals surface area contributed by atoms with Gasteiger partial charge >= 0.3 is 5.97 Å². The number of piperazine rings is 1. The molecule has 1 fully saturated rings. The molecular formula is C23H29N7O3S. The zero-order chi connectivity index (χ0) is 24.1. The molecule has 0 aliphatic carbocycles. The van der Waals surface area contributed by atoms with Gasteiger partial charge in [-0.25, -0.2) is 14.6 Å². The molecule has 0 saturated carbocycles. The number of carbonyl (C=O) groups is 2. The third-order valence-electron chi connectivity index (χ3n) is 5.60. The van der Waals surface area contributed by atoms with Crippen molar-refractivity contribution in [3.8, 4) is 5.82 Å². The molecule has 10 nitrogen and oxygen atoms in total. The van der Waals surface area contributed by atoms with Crippen molar-refractivity contribution in [1.82, 2.24) is 24.6 Å². The number of rotatable bonds is 8. The summed E-state index contributed by atoms with van der Waals surface area (Å²) < 4.78 is 6.82. The monoisotopic (exact) mass is 483 g/mol. The summed E-state index contributed by atoms with van der Waals surface area (Å²) in [5.74, 6) is 0.373. The van der Waals surface area contributed by atoms with E-state index in [9.17, 15) is 9.59 Å². The third kappa shape index (κ3) is 5.60. The lowest BCUT2D eigenvalue weighted by Crippen LogP contribution is -2.49. The van der Waals surface area contributed by atoms with Crippen molar-refractivity contribution >= 4 is 34.0 Å². The number of nitrogens with one attached hydrogen (secondary N) is 1. The predicted octanol–water partition coefficient (Wildman–Crippen LogP) is 2.21. The molecule has 0 atom stereocenters. The SMILES string of the molecule is CCOC(=O)Cc1csc(NC(=O)CN2CCN(c3c(C)nn(-c4ccccn4)c3C)CC2)n1. The van der Waals surface area contributed by atoms with Crippen molar-refractivity contribution in [2.24, 2.45) is 0 Å². The smallest absolute Gasteiger partial charge is 0.311 e. The molecule has 1 aliphatic heterocycles. The van der Waals surface area contributed by atoms with Crippen LogP contribution in [-0.4, -0.2) is 75.9 Å². The molecule has 1 N–H and O–H groups in total. The van der Waals surface area contributed by atoms with Crippen LogP contribution < -0.4 is 10.2 Å². The predicted molar refractivity (Wildman–Crippen MR) is 131 cm³/mol. The van der Waals surface area contributed by atoms with Gasteiger partial charge in [0.1, 0.15) is 0 Å². The third-order valence-corrected chi connectivity index (χ3v) is 6.41.